The van der Waals surface area contributed by atoms with Crippen molar-refractivity contribution in [2.24, 2.45) is 5.41 Å². The predicted molar refractivity (Wildman–Crippen MR) is 142 cm³/mol. The summed E-state index contributed by atoms with van der Waals surface area (Å²) < 4.78 is 12.4. The summed E-state index contributed by atoms with van der Waals surface area (Å²) in [7, 11) is 0. The Balaban J connectivity index is 1.28. The van der Waals surface area contributed by atoms with Gasteiger partial charge in [-0.05, 0) is 70.4 Å². The molecule has 1 spiro atoms. The number of amides is 1. The molecule has 2 heterocycles. The highest BCUT2D eigenvalue weighted by molar-refractivity contribution is 5.93. The minimum absolute atomic E-state index is 0.0483. The minimum Gasteiger partial charge on any atom is -0.444 e. The molecule has 0 saturated heterocycles. The molecule has 3 aromatic rings. The third-order valence-electron chi connectivity index (χ3n) is 7.12. The maximum absolute atomic E-state index is 12.7. The topological polar surface area (TPSA) is 104 Å². The van der Waals surface area contributed by atoms with Crippen LogP contribution in [0.4, 0.5) is 16.3 Å². The Kier molecular flexibility index (Phi) is 6.38. The number of ether oxygens (including phenoxy) is 1. The van der Waals surface area contributed by atoms with E-state index in [1.54, 1.807) is 25.5 Å². The van der Waals surface area contributed by atoms with Crippen LogP contribution < -0.4 is 5.32 Å². The number of nitrogens with one attached hydrogen (secondary N) is 1. The second-order valence-electron chi connectivity index (χ2n) is 11.7. The quantitative estimate of drug-likeness (QED) is 0.337. The summed E-state index contributed by atoms with van der Waals surface area (Å²) in [6.45, 7) is 16.9. The highest BCUT2D eigenvalue weighted by Gasteiger charge is 2.64. The van der Waals surface area contributed by atoms with E-state index in [4.69, 9.17) is 15.8 Å². The standard InChI is InChI=1S/C29H33N5O4/c1-17(2)34-26(31-27(36)37-28(3,4)5)25(30-6)24(32-34)19-9-7-18(8-10-19)13-20(35)14-21-15-23(33-38-21)22-16-29(22)11-12-29/h7-10,15,17,22H,11-14,16H2,1-5H3,(H,31,36). The van der Waals surface area contributed by atoms with Gasteiger partial charge in [0.1, 0.15) is 28.7 Å². The molecule has 2 aliphatic carbocycles. The van der Waals surface area contributed by atoms with Crippen molar-refractivity contribution >= 4 is 23.4 Å². The molecule has 1 atom stereocenters. The largest absolute Gasteiger partial charge is 0.444 e. The smallest absolute Gasteiger partial charge is 0.412 e. The zero-order valence-corrected chi connectivity index (χ0v) is 22.5. The molecule has 1 N–H and O–H groups in total. The first kappa shape index (κ1) is 25.7. The van der Waals surface area contributed by atoms with Gasteiger partial charge in [0.2, 0.25) is 0 Å². The number of carbonyl (C=O) groups is 2. The number of hydrogen-bond acceptors (Lipinski definition) is 6. The molecular weight excluding hydrogens is 482 g/mol. The number of aromatic nitrogens is 3. The summed E-state index contributed by atoms with van der Waals surface area (Å²) >= 11 is 0. The molecule has 2 saturated carbocycles. The number of rotatable bonds is 8. The molecular formula is C29H33N5O4. The van der Waals surface area contributed by atoms with Gasteiger partial charge in [0.05, 0.1) is 18.7 Å². The summed E-state index contributed by atoms with van der Waals surface area (Å²) in [5.41, 5.74) is 3.09. The van der Waals surface area contributed by atoms with Gasteiger partial charge in [-0.15, -0.1) is 0 Å². The average Bonchev–Trinajstić information content (AvgIpc) is 3.66. The van der Waals surface area contributed by atoms with Crippen LogP contribution in [0.2, 0.25) is 0 Å². The SMILES string of the molecule is [C-]#[N+]c1c(-c2ccc(CC(=O)Cc3cc(C4CC45CC5)no3)cc2)nn(C(C)C)c1NC(=O)OC(C)(C)C. The van der Waals surface area contributed by atoms with E-state index in [0.29, 0.717) is 28.6 Å². The molecule has 9 heteroatoms. The van der Waals surface area contributed by atoms with Crippen LogP contribution in [-0.4, -0.2) is 32.4 Å². The van der Waals surface area contributed by atoms with E-state index in [1.165, 1.54) is 19.3 Å². The molecule has 5 rings (SSSR count). The van der Waals surface area contributed by atoms with Crippen molar-refractivity contribution in [3.05, 3.63) is 58.8 Å². The second kappa shape index (κ2) is 9.43. The fourth-order valence-electron chi connectivity index (χ4n) is 4.94. The molecule has 2 aromatic heterocycles. The third-order valence-corrected chi connectivity index (χ3v) is 7.12. The van der Waals surface area contributed by atoms with Crippen molar-refractivity contribution in [2.45, 2.75) is 84.3 Å². The lowest BCUT2D eigenvalue weighted by molar-refractivity contribution is -0.118. The van der Waals surface area contributed by atoms with Gasteiger partial charge >= 0.3 is 6.09 Å². The normalized spacial score (nSPS) is 17.3. The van der Waals surface area contributed by atoms with E-state index < -0.39 is 11.7 Å². The highest BCUT2D eigenvalue weighted by Crippen LogP contribution is 2.74. The third kappa shape index (κ3) is 5.35. The average molecular weight is 516 g/mol. The Morgan fingerprint density at radius 1 is 1.24 bits per heavy atom. The number of hydrogen-bond donors (Lipinski definition) is 1. The Labute approximate surface area is 222 Å². The Hall–Kier alpha value is -3.93. The minimum atomic E-state index is -0.673. The van der Waals surface area contributed by atoms with Gasteiger partial charge < -0.3 is 9.26 Å². The first-order valence-corrected chi connectivity index (χ1v) is 13.0. The molecule has 1 amide bonds. The Morgan fingerprint density at radius 2 is 1.95 bits per heavy atom. The van der Waals surface area contributed by atoms with Crippen LogP contribution in [0.3, 0.4) is 0 Å². The lowest BCUT2D eigenvalue weighted by Gasteiger charge is -2.20. The van der Waals surface area contributed by atoms with Gasteiger partial charge in [-0.3, -0.25) is 14.8 Å². The monoisotopic (exact) mass is 515 g/mol. The van der Waals surface area contributed by atoms with Gasteiger partial charge in [0.15, 0.2) is 0 Å². The van der Waals surface area contributed by atoms with Crippen molar-refractivity contribution in [3.63, 3.8) is 0 Å². The lowest BCUT2D eigenvalue weighted by Crippen LogP contribution is -2.28. The van der Waals surface area contributed by atoms with Gasteiger partial charge in [-0.2, -0.15) is 5.10 Å². The van der Waals surface area contributed by atoms with Crippen LogP contribution in [0.15, 0.2) is 34.9 Å². The Bertz CT molecular complexity index is 1410. The number of ketones is 1. The first-order valence-electron chi connectivity index (χ1n) is 13.0. The van der Waals surface area contributed by atoms with Crippen LogP contribution in [0.25, 0.3) is 16.1 Å². The van der Waals surface area contributed by atoms with Gasteiger partial charge in [-0.25, -0.2) is 9.64 Å². The van der Waals surface area contributed by atoms with Crippen LogP contribution in [0, 0.1) is 12.0 Å². The molecule has 38 heavy (non-hydrogen) atoms. The fourth-order valence-corrected chi connectivity index (χ4v) is 4.94. The predicted octanol–water partition coefficient (Wildman–Crippen LogP) is 6.64. The Morgan fingerprint density at radius 3 is 2.53 bits per heavy atom. The van der Waals surface area contributed by atoms with Crippen molar-refractivity contribution < 1.29 is 18.8 Å². The van der Waals surface area contributed by atoms with Crippen molar-refractivity contribution in [2.75, 3.05) is 5.32 Å². The van der Waals surface area contributed by atoms with Gasteiger partial charge in [0, 0.05) is 24.4 Å². The molecule has 9 nitrogen and oxygen atoms in total. The number of carbonyl (C=O) groups excluding carboxylic acids is 2. The van der Waals surface area contributed by atoms with E-state index >= 15 is 0 Å². The molecule has 0 radical (unpaired) electrons. The number of nitrogens with zero attached hydrogens (tertiary/aromatic N) is 4. The van der Waals surface area contributed by atoms with Crippen molar-refractivity contribution in [3.8, 4) is 11.3 Å². The zero-order chi connectivity index (χ0) is 27.2. The summed E-state index contributed by atoms with van der Waals surface area (Å²) in [5.74, 6) is 1.48. The second-order valence-corrected chi connectivity index (χ2v) is 11.7. The van der Waals surface area contributed by atoms with Crippen molar-refractivity contribution in [1.29, 1.82) is 0 Å². The van der Waals surface area contributed by atoms with Gasteiger partial charge in [-0.1, -0.05) is 29.4 Å². The van der Waals surface area contributed by atoms with Crippen molar-refractivity contribution in [1.82, 2.24) is 14.9 Å². The summed E-state index contributed by atoms with van der Waals surface area (Å²) in [6.07, 6.45) is 3.60. The molecule has 1 aromatic carbocycles. The van der Waals surface area contributed by atoms with E-state index in [2.05, 4.69) is 20.4 Å². The number of Topliss-reactive ketones (excluding diaryl/α,β-unsaturated/α-hetero) is 1. The van der Waals surface area contributed by atoms with E-state index in [1.807, 2.05) is 44.2 Å². The van der Waals surface area contributed by atoms with E-state index in [0.717, 1.165) is 16.8 Å². The van der Waals surface area contributed by atoms with Crippen LogP contribution in [-0.2, 0) is 22.4 Å². The van der Waals surface area contributed by atoms with Gasteiger partial charge in [0.25, 0.3) is 5.69 Å². The first-order chi connectivity index (χ1) is 18.0. The molecule has 2 fully saturated rings. The zero-order valence-electron chi connectivity index (χ0n) is 22.5. The number of anilines is 1. The summed E-state index contributed by atoms with van der Waals surface area (Å²) in [6, 6.07) is 9.26. The molecule has 1 unspecified atom stereocenters. The highest BCUT2D eigenvalue weighted by atomic mass is 16.6. The summed E-state index contributed by atoms with van der Waals surface area (Å²) in [5, 5.41) is 11.5. The molecule has 0 bridgehead atoms. The van der Waals surface area contributed by atoms with E-state index in [9.17, 15) is 9.59 Å². The maximum atomic E-state index is 12.7. The lowest BCUT2D eigenvalue weighted by atomic mass is 10.0. The van der Waals surface area contributed by atoms with Crippen LogP contribution in [0.5, 0.6) is 0 Å². The fraction of sp³-hybridized carbons (Fsp3) is 0.483. The molecule has 0 aliphatic heterocycles. The molecule has 2 aliphatic rings. The maximum Gasteiger partial charge on any atom is 0.412 e. The summed E-state index contributed by atoms with van der Waals surface area (Å²) in [4.78, 5) is 28.8. The molecule has 198 valence electrons. The van der Waals surface area contributed by atoms with Crippen LogP contribution in [0.1, 0.15) is 82.9 Å². The number of benzene rings is 1. The van der Waals surface area contributed by atoms with E-state index in [-0.39, 0.29) is 30.4 Å². The van der Waals surface area contributed by atoms with Crippen LogP contribution >= 0.6 is 0 Å².